The van der Waals surface area contributed by atoms with Crippen molar-refractivity contribution in [1.82, 2.24) is 9.38 Å². The number of aromatic hydroxyl groups is 1. The molecule has 0 bridgehead atoms. The molecule has 94 valence electrons. The first-order valence-corrected chi connectivity index (χ1v) is 6.01. The number of fused-ring (bicyclic) bond motifs is 1. The Morgan fingerprint density at radius 2 is 1.84 bits per heavy atom. The van der Waals surface area contributed by atoms with Crippen molar-refractivity contribution in [2.24, 2.45) is 0 Å². The van der Waals surface area contributed by atoms with Crippen LogP contribution in [0.3, 0.4) is 0 Å². The maximum Gasteiger partial charge on any atom is 0.269 e. The van der Waals surface area contributed by atoms with Gasteiger partial charge in [0.15, 0.2) is 0 Å². The SMILES string of the molecule is O=c1c(-c2ccccc2)c(O)nc2ccc(Cl)cn12. The summed E-state index contributed by atoms with van der Waals surface area (Å²) in [5.74, 6) is -0.279. The number of halogens is 1. The predicted molar refractivity (Wildman–Crippen MR) is 73.6 cm³/mol. The van der Waals surface area contributed by atoms with Gasteiger partial charge in [-0.3, -0.25) is 9.20 Å². The quantitative estimate of drug-likeness (QED) is 0.741. The first kappa shape index (κ1) is 11.7. The van der Waals surface area contributed by atoms with Gasteiger partial charge < -0.3 is 5.11 Å². The lowest BCUT2D eigenvalue weighted by Crippen LogP contribution is -2.17. The highest BCUT2D eigenvalue weighted by atomic mass is 35.5. The molecule has 0 aliphatic rings. The first-order valence-electron chi connectivity index (χ1n) is 5.63. The van der Waals surface area contributed by atoms with Crippen LogP contribution >= 0.6 is 11.6 Å². The molecule has 2 heterocycles. The zero-order valence-corrected chi connectivity index (χ0v) is 10.5. The second-order valence-electron chi connectivity index (χ2n) is 4.06. The van der Waals surface area contributed by atoms with Crippen molar-refractivity contribution in [2.75, 3.05) is 0 Å². The maximum atomic E-state index is 12.4. The summed E-state index contributed by atoms with van der Waals surface area (Å²) >= 11 is 5.88. The molecule has 1 aromatic carbocycles. The van der Waals surface area contributed by atoms with Crippen LogP contribution in [0.2, 0.25) is 5.02 Å². The van der Waals surface area contributed by atoms with Crippen LogP contribution in [0.25, 0.3) is 16.8 Å². The molecule has 5 heteroatoms. The van der Waals surface area contributed by atoms with E-state index >= 15 is 0 Å². The summed E-state index contributed by atoms with van der Waals surface area (Å²) in [5, 5.41) is 10.4. The molecule has 0 aliphatic heterocycles. The van der Waals surface area contributed by atoms with Crippen LogP contribution in [0, 0.1) is 0 Å². The third kappa shape index (κ3) is 1.96. The molecule has 0 unspecified atom stereocenters. The van der Waals surface area contributed by atoms with Crippen molar-refractivity contribution in [2.45, 2.75) is 0 Å². The summed E-state index contributed by atoms with van der Waals surface area (Å²) in [6.07, 6.45) is 1.48. The van der Waals surface area contributed by atoms with Crippen LogP contribution in [0.1, 0.15) is 0 Å². The van der Waals surface area contributed by atoms with Gasteiger partial charge in [-0.2, -0.15) is 4.98 Å². The van der Waals surface area contributed by atoms with E-state index in [-0.39, 0.29) is 17.0 Å². The molecule has 19 heavy (non-hydrogen) atoms. The van der Waals surface area contributed by atoms with E-state index in [4.69, 9.17) is 11.6 Å². The van der Waals surface area contributed by atoms with Crippen LogP contribution < -0.4 is 5.56 Å². The van der Waals surface area contributed by atoms with Gasteiger partial charge >= 0.3 is 0 Å². The average molecular weight is 273 g/mol. The number of rotatable bonds is 1. The second kappa shape index (κ2) is 4.40. The van der Waals surface area contributed by atoms with Gasteiger partial charge in [0.1, 0.15) is 11.2 Å². The van der Waals surface area contributed by atoms with Crippen LogP contribution in [0.15, 0.2) is 53.5 Å². The van der Waals surface area contributed by atoms with E-state index in [1.807, 2.05) is 6.07 Å². The topological polar surface area (TPSA) is 54.6 Å². The Kier molecular flexibility index (Phi) is 2.72. The smallest absolute Gasteiger partial charge is 0.269 e. The largest absolute Gasteiger partial charge is 0.493 e. The van der Waals surface area contributed by atoms with Gasteiger partial charge in [0.25, 0.3) is 5.56 Å². The number of nitrogens with zero attached hydrogens (tertiary/aromatic N) is 2. The lowest BCUT2D eigenvalue weighted by molar-refractivity contribution is 0.455. The van der Waals surface area contributed by atoms with E-state index in [1.165, 1.54) is 10.6 Å². The van der Waals surface area contributed by atoms with Gasteiger partial charge in [0.05, 0.1) is 5.02 Å². The summed E-state index contributed by atoms with van der Waals surface area (Å²) in [5.41, 5.74) is 0.787. The molecule has 0 aliphatic carbocycles. The minimum atomic E-state index is -0.351. The van der Waals surface area contributed by atoms with Gasteiger partial charge in [-0.15, -0.1) is 0 Å². The summed E-state index contributed by atoms with van der Waals surface area (Å²) < 4.78 is 1.32. The normalized spacial score (nSPS) is 10.8. The number of benzene rings is 1. The minimum absolute atomic E-state index is 0.167. The van der Waals surface area contributed by atoms with Crippen molar-refractivity contribution in [3.05, 3.63) is 64.0 Å². The molecule has 1 N–H and O–H groups in total. The molecule has 0 radical (unpaired) electrons. The molecule has 0 saturated carbocycles. The Morgan fingerprint density at radius 3 is 2.58 bits per heavy atom. The van der Waals surface area contributed by atoms with Gasteiger partial charge in [-0.05, 0) is 17.7 Å². The Bertz CT molecular complexity index is 813. The standard InChI is InChI=1S/C14H9ClN2O2/c15-10-6-7-11-16-13(18)12(14(19)17(11)8-10)9-4-2-1-3-5-9/h1-8,18H. The summed E-state index contributed by atoms with van der Waals surface area (Å²) in [6.45, 7) is 0. The second-order valence-corrected chi connectivity index (χ2v) is 4.49. The average Bonchev–Trinajstić information content (AvgIpc) is 2.41. The molecule has 0 amide bonds. The molecule has 0 spiro atoms. The summed E-state index contributed by atoms with van der Waals surface area (Å²) in [7, 11) is 0. The fraction of sp³-hybridized carbons (Fsp3) is 0. The van der Waals surface area contributed by atoms with E-state index in [0.29, 0.717) is 16.2 Å². The van der Waals surface area contributed by atoms with E-state index in [0.717, 1.165) is 0 Å². The van der Waals surface area contributed by atoms with Crippen LogP contribution in [0.4, 0.5) is 0 Å². The molecule has 0 fully saturated rings. The third-order valence-corrected chi connectivity index (χ3v) is 3.05. The highest BCUT2D eigenvalue weighted by Gasteiger charge is 2.13. The van der Waals surface area contributed by atoms with Crippen molar-refractivity contribution in [3.8, 4) is 17.0 Å². The molecule has 3 aromatic rings. The van der Waals surface area contributed by atoms with Crippen molar-refractivity contribution in [1.29, 1.82) is 0 Å². The predicted octanol–water partition coefficient (Wildman–Crippen LogP) is 2.72. The minimum Gasteiger partial charge on any atom is -0.493 e. The maximum absolute atomic E-state index is 12.4. The number of hydrogen-bond donors (Lipinski definition) is 1. The van der Waals surface area contributed by atoms with Crippen LogP contribution in [-0.2, 0) is 0 Å². The highest BCUT2D eigenvalue weighted by molar-refractivity contribution is 6.30. The zero-order valence-electron chi connectivity index (χ0n) is 9.75. The van der Waals surface area contributed by atoms with E-state index < -0.39 is 0 Å². The summed E-state index contributed by atoms with van der Waals surface area (Å²) in [6, 6.07) is 12.1. The van der Waals surface area contributed by atoms with Crippen LogP contribution in [0.5, 0.6) is 5.88 Å². The first-order chi connectivity index (χ1) is 9.16. The number of aromatic nitrogens is 2. The molecule has 3 rings (SSSR count). The Hall–Kier alpha value is -2.33. The molecular formula is C14H9ClN2O2. The Morgan fingerprint density at radius 1 is 1.11 bits per heavy atom. The van der Waals surface area contributed by atoms with Crippen LogP contribution in [-0.4, -0.2) is 14.5 Å². The fourth-order valence-electron chi connectivity index (χ4n) is 1.96. The Labute approximate surface area is 113 Å². The Balaban J connectivity index is 2.41. The highest BCUT2D eigenvalue weighted by Crippen LogP contribution is 2.24. The van der Waals surface area contributed by atoms with E-state index in [1.54, 1.807) is 36.4 Å². The van der Waals surface area contributed by atoms with Gasteiger partial charge in [-0.1, -0.05) is 41.9 Å². The number of pyridine rings is 1. The zero-order chi connectivity index (χ0) is 13.4. The lowest BCUT2D eigenvalue weighted by Gasteiger charge is -2.07. The van der Waals surface area contributed by atoms with E-state index in [9.17, 15) is 9.90 Å². The van der Waals surface area contributed by atoms with Gasteiger partial charge in [-0.25, -0.2) is 0 Å². The van der Waals surface area contributed by atoms with Crippen molar-refractivity contribution < 1.29 is 5.11 Å². The monoisotopic (exact) mass is 272 g/mol. The third-order valence-electron chi connectivity index (χ3n) is 2.83. The van der Waals surface area contributed by atoms with Gasteiger partial charge in [0.2, 0.25) is 5.88 Å². The lowest BCUT2D eigenvalue weighted by atomic mass is 10.1. The van der Waals surface area contributed by atoms with Gasteiger partial charge in [0, 0.05) is 6.20 Å². The fourth-order valence-corrected chi connectivity index (χ4v) is 2.12. The molecule has 0 saturated heterocycles. The molecule has 4 nitrogen and oxygen atoms in total. The number of hydrogen-bond acceptors (Lipinski definition) is 3. The summed E-state index contributed by atoms with van der Waals surface area (Å²) in [4.78, 5) is 16.4. The van der Waals surface area contributed by atoms with Crippen molar-refractivity contribution >= 4 is 17.2 Å². The molecule has 2 aromatic heterocycles. The molecule has 0 atom stereocenters. The molecular weight excluding hydrogens is 264 g/mol. The van der Waals surface area contributed by atoms with E-state index in [2.05, 4.69) is 4.98 Å². The van der Waals surface area contributed by atoms with Crippen molar-refractivity contribution in [3.63, 3.8) is 0 Å².